The summed E-state index contributed by atoms with van der Waals surface area (Å²) in [5, 5.41) is 13.7. The molecule has 0 unspecified atom stereocenters. The molecule has 4 aromatic rings. The topological polar surface area (TPSA) is 111 Å². The lowest BCUT2D eigenvalue weighted by Crippen LogP contribution is -2.44. The van der Waals surface area contributed by atoms with Crippen LogP contribution in [0.25, 0.3) is 11.1 Å². The van der Waals surface area contributed by atoms with E-state index in [1.165, 1.54) is 15.5 Å². The van der Waals surface area contributed by atoms with Crippen LogP contribution in [-0.4, -0.2) is 71.0 Å². The summed E-state index contributed by atoms with van der Waals surface area (Å²) in [6, 6.07) is 13.6. The first kappa shape index (κ1) is 29.8. The van der Waals surface area contributed by atoms with Crippen LogP contribution in [-0.2, 0) is 13.7 Å². The van der Waals surface area contributed by atoms with Crippen molar-refractivity contribution < 1.29 is 19.1 Å². The average molecular weight is 623 g/mol. The second-order valence-electron chi connectivity index (χ2n) is 12.4. The number of nitrogens with zero attached hydrogens (tertiary/aromatic N) is 5. The summed E-state index contributed by atoms with van der Waals surface area (Å²) in [5.74, 6) is -0.952. The van der Waals surface area contributed by atoms with Crippen LogP contribution in [0.5, 0.6) is 0 Å². The first-order valence-corrected chi connectivity index (χ1v) is 15.5. The number of carbonyl (C=O) groups excluding carboxylic acids is 2. The van der Waals surface area contributed by atoms with Crippen LogP contribution in [0.4, 0.5) is 27.3 Å². The number of aliphatic hydroxyl groups excluding tert-OH is 1. The van der Waals surface area contributed by atoms with Crippen molar-refractivity contribution in [1.29, 1.82) is 0 Å². The van der Waals surface area contributed by atoms with E-state index in [0.717, 1.165) is 50.3 Å². The summed E-state index contributed by atoms with van der Waals surface area (Å²) in [4.78, 5) is 50.4. The zero-order chi connectivity index (χ0) is 32.1. The number of pyridine rings is 2. The number of benzene rings is 2. The van der Waals surface area contributed by atoms with Gasteiger partial charge in [-0.05, 0) is 73.3 Å². The molecule has 0 radical (unpaired) electrons. The zero-order valence-electron chi connectivity index (χ0n) is 25.8. The molecule has 1 saturated heterocycles. The normalized spacial score (nSPS) is 17.0. The standard InChI is InChI=1S/C35H35FN6O4/c1-39-10-12-41(13-11-39)24-8-9-32(37-17-24)38-29-16-23(18-40(2)34(29)45)25-4-3-5-30(27(25)20-43)42-19-31(44)26-14-22(21-6-7-21)15-28(36)33(26)35(42)46/h3-5,8-9,14-18,21,43H,6-7,10-13,19-20H2,1-2H3,(H,37,38). The van der Waals surface area contributed by atoms with E-state index in [2.05, 4.69) is 27.1 Å². The maximum atomic E-state index is 15.3. The van der Waals surface area contributed by atoms with Crippen molar-refractivity contribution in [3.63, 3.8) is 0 Å². The molecule has 7 rings (SSSR count). The minimum atomic E-state index is -0.705. The Hall–Kier alpha value is -4.87. The Morgan fingerprint density at radius 3 is 2.46 bits per heavy atom. The number of rotatable bonds is 7. The number of hydrogen-bond donors (Lipinski definition) is 2. The Balaban J connectivity index is 1.20. The highest BCUT2D eigenvalue weighted by Gasteiger charge is 2.37. The summed E-state index contributed by atoms with van der Waals surface area (Å²) in [5.41, 5.74) is 3.49. The van der Waals surface area contributed by atoms with Crippen molar-refractivity contribution >= 4 is 34.6 Å². The summed E-state index contributed by atoms with van der Waals surface area (Å²) in [6.45, 7) is 3.06. The number of aryl methyl sites for hydroxylation is 1. The largest absolute Gasteiger partial charge is 0.392 e. The summed E-state index contributed by atoms with van der Waals surface area (Å²) >= 11 is 0. The highest BCUT2D eigenvalue weighted by molar-refractivity contribution is 6.21. The number of anilines is 4. The molecule has 2 aromatic carbocycles. The number of aliphatic hydroxyl groups is 1. The lowest BCUT2D eigenvalue weighted by atomic mass is 9.92. The fourth-order valence-corrected chi connectivity index (χ4v) is 6.41. The Kier molecular flexibility index (Phi) is 7.66. The molecule has 1 aliphatic carbocycles. The van der Waals surface area contributed by atoms with Gasteiger partial charge in [-0.3, -0.25) is 14.4 Å². The predicted octanol–water partition coefficient (Wildman–Crippen LogP) is 4.29. The van der Waals surface area contributed by atoms with E-state index in [0.29, 0.717) is 28.2 Å². The molecule has 2 aromatic heterocycles. The van der Waals surface area contributed by atoms with Gasteiger partial charge < -0.3 is 29.7 Å². The minimum Gasteiger partial charge on any atom is -0.392 e. The molecule has 2 aliphatic heterocycles. The summed E-state index contributed by atoms with van der Waals surface area (Å²) in [7, 11) is 3.74. The molecule has 4 heterocycles. The molecule has 236 valence electrons. The fourth-order valence-electron chi connectivity index (χ4n) is 6.41. The quantitative estimate of drug-likeness (QED) is 0.314. The second kappa shape index (κ2) is 11.8. The maximum Gasteiger partial charge on any atom is 0.274 e. The number of nitrogens with one attached hydrogen (secondary N) is 1. The number of carbonyl (C=O) groups is 2. The van der Waals surface area contributed by atoms with Gasteiger partial charge in [-0.25, -0.2) is 9.37 Å². The van der Waals surface area contributed by atoms with Gasteiger partial charge >= 0.3 is 0 Å². The fraction of sp³-hybridized carbons (Fsp3) is 0.314. The van der Waals surface area contributed by atoms with Crippen LogP contribution < -0.4 is 20.7 Å². The van der Waals surface area contributed by atoms with E-state index in [1.807, 2.05) is 12.1 Å². The van der Waals surface area contributed by atoms with Crippen molar-refractivity contribution in [2.75, 3.05) is 54.9 Å². The number of halogens is 1. The predicted molar refractivity (Wildman–Crippen MR) is 175 cm³/mol. The van der Waals surface area contributed by atoms with Gasteiger partial charge in [-0.15, -0.1) is 0 Å². The molecule has 0 atom stereocenters. The molecule has 2 N–H and O–H groups in total. The number of likely N-dealkylation sites (N-methyl/N-ethyl adjacent to an activating group) is 1. The molecular formula is C35H35FN6O4. The molecule has 2 fully saturated rings. The molecule has 1 saturated carbocycles. The van der Waals surface area contributed by atoms with E-state index >= 15 is 4.39 Å². The molecule has 11 heteroatoms. The van der Waals surface area contributed by atoms with Crippen LogP contribution in [0, 0.1) is 5.82 Å². The molecular weight excluding hydrogens is 587 g/mol. The van der Waals surface area contributed by atoms with Crippen LogP contribution in [0.15, 0.2) is 65.7 Å². The third kappa shape index (κ3) is 5.45. The molecule has 10 nitrogen and oxygen atoms in total. The van der Waals surface area contributed by atoms with Gasteiger partial charge in [0.2, 0.25) is 0 Å². The number of amides is 1. The Morgan fingerprint density at radius 1 is 0.978 bits per heavy atom. The van der Waals surface area contributed by atoms with Crippen molar-refractivity contribution in [2.45, 2.75) is 25.4 Å². The first-order chi connectivity index (χ1) is 22.2. The van der Waals surface area contributed by atoms with Gasteiger partial charge in [0, 0.05) is 56.1 Å². The first-order valence-electron chi connectivity index (χ1n) is 15.5. The summed E-state index contributed by atoms with van der Waals surface area (Å²) in [6.07, 6.45) is 5.33. The number of fused-ring (bicyclic) bond motifs is 1. The van der Waals surface area contributed by atoms with E-state index < -0.39 is 18.3 Å². The van der Waals surface area contributed by atoms with Gasteiger partial charge in [-0.2, -0.15) is 0 Å². The van der Waals surface area contributed by atoms with Gasteiger partial charge in [-0.1, -0.05) is 12.1 Å². The number of Topliss-reactive ketones (excluding diaryl/α,β-unsaturated/α-hetero) is 1. The third-order valence-electron chi connectivity index (χ3n) is 9.20. The van der Waals surface area contributed by atoms with Crippen molar-refractivity contribution in [2.24, 2.45) is 7.05 Å². The van der Waals surface area contributed by atoms with E-state index in [9.17, 15) is 19.5 Å². The highest BCUT2D eigenvalue weighted by atomic mass is 19.1. The molecule has 0 bridgehead atoms. The summed E-state index contributed by atoms with van der Waals surface area (Å²) < 4.78 is 16.7. The maximum absolute atomic E-state index is 15.3. The smallest absolute Gasteiger partial charge is 0.274 e. The lowest BCUT2D eigenvalue weighted by molar-refractivity contribution is 0.0906. The van der Waals surface area contributed by atoms with Crippen molar-refractivity contribution in [3.8, 4) is 11.1 Å². The van der Waals surface area contributed by atoms with Crippen LogP contribution in [0.2, 0.25) is 0 Å². The van der Waals surface area contributed by atoms with Gasteiger partial charge in [0.1, 0.15) is 17.3 Å². The van der Waals surface area contributed by atoms with Gasteiger partial charge in [0.15, 0.2) is 5.78 Å². The van der Waals surface area contributed by atoms with E-state index in [4.69, 9.17) is 0 Å². The van der Waals surface area contributed by atoms with Gasteiger partial charge in [0.05, 0.1) is 36.3 Å². The monoisotopic (exact) mass is 622 g/mol. The van der Waals surface area contributed by atoms with E-state index in [-0.39, 0.29) is 40.6 Å². The lowest BCUT2D eigenvalue weighted by Gasteiger charge is -2.33. The number of piperazine rings is 1. The zero-order valence-corrected chi connectivity index (χ0v) is 25.8. The average Bonchev–Trinajstić information content (AvgIpc) is 3.91. The second-order valence-corrected chi connectivity index (χ2v) is 12.4. The molecule has 0 spiro atoms. The molecule has 46 heavy (non-hydrogen) atoms. The third-order valence-corrected chi connectivity index (χ3v) is 9.20. The van der Waals surface area contributed by atoms with Crippen molar-refractivity contribution in [3.05, 3.63) is 99.3 Å². The minimum absolute atomic E-state index is 0.115. The van der Waals surface area contributed by atoms with E-state index in [1.54, 1.807) is 49.8 Å². The Labute approximate surface area is 265 Å². The van der Waals surface area contributed by atoms with Crippen LogP contribution >= 0.6 is 0 Å². The molecule has 1 amide bonds. The SMILES string of the molecule is CN1CCN(c2ccc(Nc3cc(-c4cccc(N5CC(=O)c6cc(C7CC7)cc(F)c6C5=O)c4CO)cn(C)c3=O)nc2)CC1. The number of ketones is 1. The Morgan fingerprint density at radius 2 is 1.76 bits per heavy atom. The van der Waals surface area contributed by atoms with Crippen molar-refractivity contribution in [1.82, 2.24) is 14.5 Å². The Bertz CT molecular complexity index is 1910. The number of aromatic nitrogens is 2. The number of hydrogen-bond acceptors (Lipinski definition) is 8. The highest BCUT2D eigenvalue weighted by Crippen LogP contribution is 2.42. The van der Waals surface area contributed by atoms with Crippen LogP contribution in [0.3, 0.4) is 0 Å². The molecule has 3 aliphatic rings. The van der Waals surface area contributed by atoms with Crippen LogP contribution in [0.1, 0.15) is 50.6 Å². The van der Waals surface area contributed by atoms with Gasteiger partial charge in [0.25, 0.3) is 11.5 Å².